The second-order valence-corrected chi connectivity index (χ2v) is 10.1. The zero-order valence-corrected chi connectivity index (χ0v) is 19.9. The molecule has 4 N–H and O–H groups in total. The maximum Gasteiger partial charge on any atom is 0.697 e. The van der Waals surface area contributed by atoms with Crippen LogP contribution in [0.4, 0.5) is 4.39 Å². The first kappa shape index (κ1) is 26.8. The summed E-state index contributed by atoms with van der Waals surface area (Å²) in [5.74, 6) is -1.83. The fraction of sp³-hybridized carbons (Fsp3) is 0.722. The topological polar surface area (TPSA) is 163 Å². The molecule has 0 bridgehead atoms. The average Bonchev–Trinajstić information content (AvgIpc) is 3.21. The van der Waals surface area contributed by atoms with Gasteiger partial charge in [0.05, 0.1) is 6.20 Å². The van der Waals surface area contributed by atoms with Crippen molar-refractivity contribution >= 4 is 31.0 Å². The summed E-state index contributed by atoms with van der Waals surface area (Å²) in [5.41, 5.74) is 2.00. The summed E-state index contributed by atoms with van der Waals surface area (Å²) in [6.07, 6.45) is -2.53. The highest BCUT2D eigenvalue weighted by Crippen LogP contribution is 2.39. The quantitative estimate of drug-likeness (QED) is 0.302. The number of aromatic nitrogens is 2. The number of carbonyl (C=O) groups excluding carboxylic acids is 2. The van der Waals surface area contributed by atoms with Gasteiger partial charge in [0.1, 0.15) is 31.0 Å². The molecule has 0 spiro atoms. The number of aliphatic hydroxyl groups excluding tert-OH is 1. The summed E-state index contributed by atoms with van der Waals surface area (Å²) < 4.78 is 42.2. The van der Waals surface area contributed by atoms with Gasteiger partial charge >= 0.3 is 8.25 Å². The largest absolute Gasteiger partial charge is 0.697 e. The molecule has 14 heteroatoms. The van der Waals surface area contributed by atoms with Crippen molar-refractivity contribution in [3.05, 3.63) is 17.7 Å². The van der Waals surface area contributed by atoms with Crippen molar-refractivity contribution in [1.82, 2.24) is 9.78 Å². The van der Waals surface area contributed by atoms with Crippen molar-refractivity contribution in [3.8, 4) is 0 Å². The second-order valence-electron chi connectivity index (χ2n) is 8.09. The fourth-order valence-corrected chi connectivity index (χ4v) is 4.37. The number of thioether (sulfide) groups is 1. The predicted molar refractivity (Wildman–Crippen MR) is 112 cm³/mol. The number of primary amides is 1. The minimum atomic E-state index is -2.58. The van der Waals surface area contributed by atoms with Crippen LogP contribution in [0.1, 0.15) is 50.8 Å². The predicted octanol–water partition coefficient (Wildman–Crippen LogP) is 1.52. The van der Waals surface area contributed by atoms with Gasteiger partial charge in [-0.25, -0.2) is 9.07 Å². The van der Waals surface area contributed by atoms with Crippen molar-refractivity contribution in [2.24, 2.45) is 11.1 Å². The third-order valence-electron chi connectivity index (χ3n) is 5.21. The monoisotopic (exact) mass is 496 g/mol. The van der Waals surface area contributed by atoms with E-state index in [9.17, 15) is 28.8 Å². The summed E-state index contributed by atoms with van der Waals surface area (Å²) in [6, 6.07) is 0. The van der Waals surface area contributed by atoms with Crippen LogP contribution in [0.3, 0.4) is 0 Å². The summed E-state index contributed by atoms with van der Waals surface area (Å²) in [6.45, 7) is 6.42. The SMILES string of the molecule is CCC(C)(C)C(=O)SCCO[P+](=O)OC[C@H]1O[C@@H](n2cc(F)c(C(N)=O)n2)C(C)(O)[C@H]1O. The molecule has 1 aromatic rings. The van der Waals surface area contributed by atoms with Crippen LogP contribution < -0.4 is 5.73 Å². The minimum Gasteiger partial charge on any atom is -0.387 e. The molecule has 0 saturated carbocycles. The number of carbonyl (C=O) groups is 2. The van der Waals surface area contributed by atoms with Crippen molar-refractivity contribution in [2.45, 2.75) is 58.2 Å². The fourth-order valence-electron chi connectivity index (χ4n) is 2.77. The van der Waals surface area contributed by atoms with Gasteiger partial charge in [0.2, 0.25) is 0 Å². The number of hydrogen-bond acceptors (Lipinski definition) is 10. The Kier molecular flexibility index (Phi) is 8.90. The number of hydrogen-bond donors (Lipinski definition) is 3. The Morgan fingerprint density at radius 2 is 2.12 bits per heavy atom. The molecule has 1 saturated heterocycles. The van der Waals surface area contributed by atoms with Crippen LogP contribution in [0.25, 0.3) is 0 Å². The third-order valence-corrected chi connectivity index (χ3v) is 7.15. The molecule has 32 heavy (non-hydrogen) atoms. The molecular weight excluding hydrogens is 468 g/mol. The van der Waals surface area contributed by atoms with E-state index in [2.05, 4.69) is 5.10 Å². The summed E-state index contributed by atoms with van der Waals surface area (Å²) in [7, 11) is -2.58. The Balaban J connectivity index is 1.86. The zero-order chi connectivity index (χ0) is 24.3. The Morgan fingerprint density at radius 1 is 1.47 bits per heavy atom. The van der Waals surface area contributed by atoms with Gasteiger partial charge in [0.15, 0.2) is 22.9 Å². The first-order valence-electron chi connectivity index (χ1n) is 9.82. The molecule has 1 aliphatic rings. The van der Waals surface area contributed by atoms with E-state index in [1.807, 2.05) is 20.8 Å². The third kappa shape index (κ3) is 6.10. The number of aliphatic hydroxyl groups is 2. The number of rotatable bonds is 11. The maximum atomic E-state index is 13.8. The Bertz CT molecular complexity index is 865. The number of nitrogens with zero attached hydrogens (tertiary/aromatic N) is 2. The molecule has 1 amide bonds. The van der Waals surface area contributed by atoms with E-state index in [0.29, 0.717) is 12.2 Å². The molecule has 2 rings (SSSR count). The average molecular weight is 496 g/mol. The lowest BCUT2D eigenvalue weighted by Gasteiger charge is -2.26. The van der Waals surface area contributed by atoms with E-state index in [4.69, 9.17) is 19.5 Å². The van der Waals surface area contributed by atoms with Gasteiger partial charge in [-0.15, -0.1) is 9.05 Å². The van der Waals surface area contributed by atoms with Crippen LogP contribution in [-0.2, 0) is 23.1 Å². The minimum absolute atomic E-state index is 0.00226. The van der Waals surface area contributed by atoms with Crippen LogP contribution in [0.2, 0.25) is 0 Å². The molecule has 11 nitrogen and oxygen atoms in total. The first-order chi connectivity index (χ1) is 14.8. The molecule has 5 atom stereocenters. The van der Waals surface area contributed by atoms with Crippen molar-refractivity contribution < 1.29 is 42.5 Å². The van der Waals surface area contributed by atoms with Crippen molar-refractivity contribution in [1.29, 1.82) is 0 Å². The van der Waals surface area contributed by atoms with Crippen LogP contribution in [0.15, 0.2) is 6.20 Å². The van der Waals surface area contributed by atoms with E-state index in [0.717, 1.165) is 22.6 Å². The molecule has 0 aliphatic carbocycles. The summed E-state index contributed by atoms with van der Waals surface area (Å²) in [5, 5.41) is 24.6. The van der Waals surface area contributed by atoms with Crippen LogP contribution in [0, 0.1) is 11.2 Å². The molecule has 2 unspecified atom stereocenters. The second kappa shape index (κ2) is 10.6. The number of ether oxygens (including phenoxy) is 1. The van der Waals surface area contributed by atoms with Gasteiger partial charge in [-0.05, 0) is 13.3 Å². The van der Waals surface area contributed by atoms with Gasteiger partial charge in [-0.2, -0.15) is 5.10 Å². The lowest BCUT2D eigenvalue weighted by atomic mass is 9.92. The highest BCUT2D eigenvalue weighted by Gasteiger charge is 2.54. The lowest BCUT2D eigenvalue weighted by molar-refractivity contribution is -0.118. The molecule has 180 valence electrons. The maximum absolute atomic E-state index is 13.8. The number of halogens is 1. The van der Waals surface area contributed by atoms with Gasteiger partial charge in [-0.3, -0.25) is 9.59 Å². The van der Waals surface area contributed by atoms with Crippen LogP contribution >= 0.6 is 20.0 Å². The Hall–Kier alpha value is -1.47. The van der Waals surface area contributed by atoms with E-state index in [1.165, 1.54) is 6.92 Å². The molecular formula is C18H28FN3O8PS+. The van der Waals surface area contributed by atoms with Gasteiger partial charge in [-0.1, -0.05) is 32.5 Å². The molecule has 1 fully saturated rings. The number of nitrogens with two attached hydrogens (primary N) is 1. The van der Waals surface area contributed by atoms with Crippen LogP contribution in [-0.4, -0.2) is 67.8 Å². The molecule has 1 aromatic heterocycles. The Morgan fingerprint density at radius 3 is 2.69 bits per heavy atom. The summed E-state index contributed by atoms with van der Waals surface area (Å²) in [4.78, 5) is 23.2. The van der Waals surface area contributed by atoms with Gasteiger partial charge in [0, 0.05) is 15.7 Å². The highest BCUT2D eigenvalue weighted by molar-refractivity contribution is 8.13. The normalized spacial score (nSPS) is 26.3. The van der Waals surface area contributed by atoms with Gasteiger partial charge < -0.3 is 20.7 Å². The molecule has 2 heterocycles. The van der Waals surface area contributed by atoms with Crippen molar-refractivity contribution in [2.75, 3.05) is 19.0 Å². The van der Waals surface area contributed by atoms with Crippen molar-refractivity contribution in [3.63, 3.8) is 0 Å². The summed E-state index contributed by atoms with van der Waals surface area (Å²) >= 11 is 1.08. The smallest absolute Gasteiger partial charge is 0.387 e. The lowest BCUT2D eigenvalue weighted by Crippen LogP contribution is -2.44. The van der Waals surface area contributed by atoms with E-state index in [-0.39, 0.29) is 11.7 Å². The molecule has 1 aliphatic heterocycles. The standard InChI is InChI=1S/C18H27FN3O8PS/c1-5-17(2,3)16(25)32-7-6-28-31(27)29-9-11-13(23)18(4,26)15(30-11)22-8-10(19)12(21-22)14(20)24/h8,11,13,15,23,26H,5-7,9H2,1-4H3,(H-,20,24)/p+1/t11-,13+,15-,18?/m1/s1. The molecule has 0 aromatic carbocycles. The zero-order valence-electron chi connectivity index (χ0n) is 18.2. The molecule has 0 radical (unpaired) electrons. The van der Waals surface area contributed by atoms with Gasteiger partial charge in [0.25, 0.3) is 5.91 Å². The first-order valence-corrected chi connectivity index (χ1v) is 11.9. The van der Waals surface area contributed by atoms with Crippen LogP contribution in [0.5, 0.6) is 0 Å². The number of amides is 1. The highest BCUT2D eigenvalue weighted by atomic mass is 32.2. The Labute approximate surface area is 189 Å². The van der Waals surface area contributed by atoms with E-state index >= 15 is 0 Å². The van der Waals surface area contributed by atoms with E-state index in [1.54, 1.807) is 0 Å². The van der Waals surface area contributed by atoms with E-state index < -0.39 is 61.7 Å².